The van der Waals surface area contributed by atoms with E-state index in [2.05, 4.69) is 0 Å². The molecule has 2 aromatic rings. The summed E-state index contributed by atoms with van der Waals surface area (Å²) in [6.45, 7) is -1.39. The molecule has 0 aliphatic heterocycles. The molecular formula is C27H35Cl3O8S. The van der Waals surface area contributed by atoms with Gasteiger partial charge in [-0.1, -0.05) is 23.2 Å². The Bertz CT molecular complexity index is 1050. The zero-order valence-corrected chi connectivity index (χ0v) is 24.3. The molecule has 1 aromatic carbocycles. The van der Waals surface area contributed by atoms with Gasteiger partial charge in [-0.15, -0.1) is 22.9 Å². The Balaban J connectivity index is 1.46. The van der Waals surface area contributed by atoms with E-state index in [1.165, 1.54) is 11.3 Å². The first kappa shape index (κ1) is 32.5. The number of aliphatic hydroxyl groups is 6. The summed E-state index contributed by atoms with van der Waals surface area (Å²) in [5.74, 6) is -0.457. The average molecular weight is 626 g/mol. The van der Waals surface area contributed by atoms with E-state index >= 15 is 0 Å². The van der Waals surface area contributed by atoms with Crippen LogP contribution in [0.1, 0.15) is 45.8 Å². The number of rotatable bonds is 14. The molecule has 0 radical (unpaired) electrons. The second-order valence-electron chi connectivity index (χ2n) is 10.0. The van der Waals surface area contributed by atoms with E-state index in [0.717, 1.165) is 42.5 Å². The number of carbonyl (C=O) groups excluding carboxylic acids is 1. The number of aryl methyl sites for hydroxylation is 2. The second kappa shape index (κ2) is 15.3. The number of benzene rings is 1. The van der Waals surface area contributed by atoms with Crippen LogP contribution in [0.5, 0.6) is 0 Å². The molecular weight excluding hydrogens is 591 g/mol. The number of hydrogen-bond acceptors (Lipinski definition) is 9. The molecule has 1 heterocycles. The lowest BCUT2D eigenvalue weighted by atomic mass is 9.85. The number of halogens is 3. The van der Waals surface area contributed by atoms with Gasteiger partial charge in [0.25, 0.3) is 0 Å². The third-order valence-electron chi connectivity index (χ3n) is 7.20. The van der Waals surface area contributed by atoms with Crippen molar-refractivity contribution in [2.75, 3.05) is 13.2 Å². The standard InChI is InChI=1S/C27H35Cl3O8S/c28-15-8-14(9-16(29)10-15)4-6-19-18(20(30)11-21(19)32)3-1-2-17-5-7-24(39-17)27(37)38-13-23(34)26(36)25(35)22(33)12-31/h5,7-10,18-23,25-26,31-36H,1-4,6,11-13H2/t18-,19-,20-,21-,22-,23+,25-,26-/m1/s1. The molecule has 0 unspecified atom stereocenters. The number of esters is 1. The van der Waals surface area contributed by atoms with Gasteiger partial charge in [-0.2, -0.15) is 0 Å². The fraction of sp³-hybridized carbons (Fsp3) is 0.593. The lowest BCUT2D eigenvalue weighted by molar-refractivity contribution is -0.124. The summed E-state index contributed by atoms with van der Waals surface area (Å²) in [5, 5.41) is 59.3. The average Bonchev–Trinajstić information content (AvgIpc) is 3.47. The Labute approximate surface area is 246 Å². The van der Waals surface area contributed by atoms with Gasteiger partial charge in [0.2, 0.25) is 0 Å². The lowest BCUT2D eigenvalue weighted by Gasteiger charge is -2.25. The molecule has 1 aliphatic carbocycles. The van der Waals surface area contributed by atoms with Gasteiger partial charge in [-0.05, 0) is 86.3 Å². The van der Waals surface area contributed by atoms with Crippen molar-refractivity contribution < 1.29 is 40.2 Å². The maximum absolute atomic E-state index is 12.4. The van der Waals surface area contributed by atoms with Crippen molar-refractivity contribution in [3.8, 4) is 0 Å². The van der Waals surface area contributed by atoms with Crippen molar-refractivity contribution >= 4 is 52.1 Å². The van der Waals surface area contributed by atoms with E-state index in [-0.39, 0.29) is 17.2 Å². The highest BCUT2D eigenvalue weighted by Crippen LogP contribution is 2.42. The highest BCUT2D eigenvalue weighted by molar-refractivity contribution is 7.13. The van der Waals surface area contributed by atoms with Gasteiger partial charge in [0.1, 0.15) is 35.9 Å². The van der Waals surface area contributed by atoms with Crippen LogP contribution in [0.25, 0.3) is 0 Å². The molecule has 8 nitrogen and oxygen atoms in total. The third-order valence-corrected chi connectivity index (χ3v) is 9.26. The maximum atomic E-state index is 12.4. The third kappa shape index (κ3) is 9.26. The Morgan fingerprint density at radius 2 is 1.64 bits per heavy atom. The molecule has 1 aliphatic rings. The van der Waals surface area contributed by atoms with Gasteiger partial charge >= 0.3 is 5.97 Å². The Hall–Kier alpha value is -0.980. The minimum absolute atomic E-state index is 0.0675. The van der Waals surface area contributed by atoms with E-state index in [1.54, 1.807) is 12.1 Å². The minimum atomic E-state index is -1.80. The molecule has 1 fully saturated rings. The predicted molar refractivity (Wildman–Crippen MR) is 151 cm³/mol. The fourth-order valence-corrected chi connectivity index (χ4v) is 7.06. The van der Waals surface area contributed by atoms with E-state index in [1.807, 2.05) is 18.2 Å². The van der Waals surface area contributed by atoms with Gasteiger partial charge in [-0.25, -0.2) is 4.79 Å². The van der Waals surface area contributed by atoms with E-state index in [9.17, 15) is 30.3 Å². The monoisotopic (exact) mass is 624 g/mol. The van der Waals surface area contributed by atoms with Gasteiger partial charge in [0.05, 0.1) is 12.7 Å². The van der Waals surface area contributed by atoms with Crippen LogP contribution in [-0.2, 0) is 17.6 Å². The zero-order valence-electron chi connectivity index (χ0n) is 21.2. The van der Waals surface area contributed by atoms with Crippen LogP contribution in [0.2, 0.25) is 10.0 Å². The van der Waals surface area contributed by atoms with Gasteiger partial charge in [-0.3, -0.25) is 0 Å². The van der Waals surface area contributed by atoms with Crippen molar-refractivity contribution in [2.45, 2.75) is 74.4 Å². The number of carbonyl (C=O) groups is 1. The molecule has 6 N–H and O–H groups in total. The van der Waals surface area contributed by atoms with Crippen LogP contribution in [0.15, 0.2) is 30.3 Å². The number of alkyl halides is 1. The van der Waals surface area contributed by atoms with Crippen LogP contribution in [0, 0.1) is 11.8 Å². The highest BCUT2D eigenvalue weighted by atomic mass is 35.5. The highest BCUT2D eigenvalue weighted by Gasteiger charge is 2.40. The molecule has 12 heteroatoms. The molecule has 0 spiro atoms. The van der Waals surface area contributed by atoms with Gasteiger partial charge < -0.3 is 35.4 Å². The van der Waals surface area contributed by atoms with Crippen molar-refractivity contribution in [1.82, 2.24) is 0 Å². The molecule has 0 amide bonds. The smallest absolute Gasteiger partial charge is 0.348 e. The van der Waals surface area contributed by atoms with Crippen molar-refractivity contribution in [2.24, 2.45) is 11.8 Å². The molecule has 1 saturated carbocycles. The summed E-state index contributed by atoms with van der Waals surface area (Å²) in [6.07, 6.45) is -2.88. The Morgan fingerprint density at radius 3 is 2.31 bits per heavy atom. The fourth-order valence-electron chi connectivity index (χ4n) is 5.05. The van der Waals surface area contributed by atoms with Gasteiger partial charge in [0.15, 0.2) is 0 Å². The molecule has 0 saturated heterocycles. The molecule has 39 heavy (non-hydrogen) atoms. The maximum Gasteiger partial charge on any atom is 0.348 e. The van der Waals surface area contributed by atoms with E-state index in [0.29, 0.717) is 21.3 Å². The number of thiophene rings is 1. The Kier molecular flexibility index (Phi) is 12.8. The summed E-state index contributed by atoms with van der Waals surface area (Å²) >= 11 is 20.1. The SMILES string of the molecule is O=C(OC[C@H](O)[C@@H](O)[C@H](O)[C@H](O)CO)c1ccc(CCC[C@@H]2[C@@H](CCc3cc(Cl)cc(Cl)c3)[C@H](O)C[C@H]2Cl)s1. The molecule has 8 atom stereocenters. The topological polar surface area (TPSA) is 148 Å². The second-order valence-corrected chi connectivity index (χ2v) is 12.6. The summed E-state index contributed by atoms with van der Waals surface area (Å²) in [6, 6.07) is 8.91. The summed E-state index contributed by atoms with van der Waals surface area (Å²) in [5.41, 5.74) is 1.02. The first-order valence-corrected chi connectivity index (χ1v) is 14.9. The number of ether oxygens (including phenoxy) is 1. The first-order chi connectivity index (χ1) is 18.5. The van der Waals surface area contributed by atoms with Crippen LogP contribution < -0.4 is 0 Å². The van der Waals surface area contributed by atoms with E-state index < -0.39 is 49.7 Å². The quantitative estimate of drug-likeness (QED) is 0.139. The largest absolute Gasteiger partial charge is 0.459 e. The normalized spacial score (nSPS) is 24.3. The lowest BCUT2D eigenvalue weighted by Crippen LogP contribution is -2.47. The Morgan fingerprint density at radius 1 is 0.974 bits per heavy atom. The molecule has 1 aromatic heterocycles. The number of aliphatic hydroxyl groups excluding tert-OH is 6. The van der Waals surface area contributed by atoms with Crippen molar-refractivity contribution in [1.29, 1.82) is 0 Å². The van der Waals surface area contributed by atoms with Crippen molar-refractivity contribution in [3.63, 3.8) is 0 Å². The first-order valence-electron chi connectivity index (χ1n) is 12.9. The van der Waals surface area contributed by atoms with Crippen LogP contribution in [-0.4, -0.2) is 85.7 Å². The predicted octanol–water partition coefficient (Wildman–Crippen LogP) is 3.21. The molecule has 0 bridgehead atoms. The summed E-state index contributed by atoms with van der Waals surface area (Å²) in [4.78, 5) is 13.7. The van der Waals surface area contributed by atoms with Crippen LogP contribution in [0.4, 0.5) is 0 Å². The summed E-state index contributed by atoms with van der Waals surface area (Å²) < 4.78 is 5.04. The number of hydrogen-bond donors (Lipinski definition) is 6. The molecule has 218 valence electrons. The van der Waals surface area contributed by atoms with Crippen LogP contribution >= 0.6 is 46.1 Å². The minimum Gasteiger partial charge on any atom is -0.459 e. The van der Waals surface area contributed by atoms with Crippen molar-refractivity contribution in [3.05, 3.63) is 55.7 Å². The van der Waals surface area contributed by atoms with Gasteiger partial charge in [0, 0.05) is 20.3 Å². The molecule has 3 rings (SSSR count). The summed E-state index contributed by atoms with van der Waals surface area (Å²) in [7, 11) is 0. The van der Waals surface area contributed by atoms with Crippen LogP contribution in [0.3, 0.4) is 0 Å². The van der Waals surface area contributed by atoms with E-state index in [4.69, 9.17) is 44.6 Å². The zero-order chi connectivity index (χ0) is 28.7.